The zero-order chi connectivity index (χ0) is 19.8. The van der Waals surface area contributed by atoms with Crippen molar-refractivity contribution in [3.63, 3.8) is 0 Å². The molecule has 1 aliphatic heterocycles. The van der Waals surface area contributed by atoms with E-state index in [2.05, 4.69) is 16.5 Å². The van der Waals surface area contributed by atoms with E-state index in [-0.39, 0.29) is 4.90 Å². The van der Waals surface area contributed by atoms with Gasteiger partial charge in [0.25, 0.3) is 0 Å². The minimum atomic E-state index is -3.70. The third kappa shape index (κ3) is 3.85. The van der Waals surface area contributed by atoms with Crippen LogP contribution in [0.5, 0.6) is 0 Å². The Balaban J connectivity index is 1.83. The lowest BCUT2D eigenvalue weighted by Crippen LogP contribution is -2.42. The third-order valence-corrected chi connectivity index (χ3v) is 6.86. The minimum Gasteiger partial charge on any atom is -0.305 e. The Labute approximate surface area is 158 Å². The summed E-state index contributed by atoms with van der Waals surface area (Å²) in [6, 6.07) is 4.91. The first kappa shape index (κ1) is 19.8. The second-order valence-corrected chi connectivity index (χ2v) is 8.92. The van der Waals surface area contributed by atoms with Crippen molar-refractivity contribution in [1.29, 1.82) is 0 Å². The SMILES string of the molecule is CC1CCCCN1CCNS(=O)(=O)c1ccc2c(c1)n(C)c(=O)c(=O)n2C. The molecule has 1 N–H and O–H groups in total. The van der Waals surface area contributed by atoms with Gasteiger partial charge in [-0.15, -0.1) is 0 Å². The third-order valence-electron chi connectivity index (χ3n) is 5.40. The summed E-state index contributed by atoms with van der Waals surface area (Å²) in [5, 5.41) is 0. The van der Waals surface area contributed by atoms with Crippen LogP contribution in [0, 0.1) is 0 Å². The van der Waals surface area contributed by atoms with Gasteiger partial charge in [-0.2, -0.15) is 0 Å². The molecule has 0 amide bonds. The van der Waals surface area contributed by atoms with Gasteiger partial charge in [-0.05, 0) is 44.5 Å². The maximum atomic E-state index is 12.7. The van der Waals surface area contributed by atoms with E-state index in [0.717, 1.165) is 19.4 Å². The first-order valence-electron chi connectivity index (χ1n) is 9.16. The highest BCUT2D eigenvalue weighted by Crippen LogP contribution is 2.17. The van der Waals surface area contributed by atoms with E-state index >= 15 is 0 Å². The van der Waals surface area contributed by atoms with Crippen molar-refractivity contribution in [3.05, 3.63) is 38.9 Å². The van der Waals surface area contributed by atoms with Crippen molar-refractivity contribution < 1.29 is 8.42 Å². The van der Waals surface area contributed by atoms with Crippen molar-refractivity contribution in [2.75, 3.05) is 19.6 Å². The molecule has 1 fully saturated rings. The number of piperidine rings is 1. The van der Waals surface area contributed by atoms with Gasteiger partial charge in [0.15, 0.2) is 0 Å². The predicted molar refractivity (Wildman–Crippen MR) is 105 cm³/mol. The molecule has 2 aromatic rings. The number of aryl methyl sites for hydroxylation is 2. The second kappa shape index (κ2) is 7.57. The van der Waals surface area contributed by atoms with Crippen LogP contribution >= 0.6 is 0 Å². The van der Waals surface area contributed by atoms with Crippen LogP contribution in [0.25, 0.3) is 11.0 Å². The number of fused-ring (bicyclic) bond motifs is 1. The van der Waals surface area contributed by atoms with Crippen LogP contribution in [0.2, 0.25) is 0 Å². The molecule has 148 valence electrons. The normalized spacial score (nSPS) is 18.9. The lowest BCUT2D eigenvalue weighted by molar-refractivity contribution is 0.164. The Morgan fingerprint density at radius 3 is 2.41 bits per heavy atom. The number of aromatic nitrogens is 2. The van der Waals surface area contributed by atoms with Crippen LogP contribution in [-0.2, 0) is 24.1 Å². The maximum Gasteiger partial charge on any atom is 0.316 e. The molecular weight excluding hydrogens is 368 g/mol. The van der Waals surface area contributed by atoms with Crippen LogP contribution in [0.15, 0.2) is 32.7 Å². The Kier molecular flexibility index (Phi) is 5.55. The topological polar surface area (TPSA) is 93.4 Å². The first-order chi connectivity index (χ1) is 12.7. The van der Waals surface area contributed by atoms with Crippen LogP contribution in [0.3, 0.4) is 0 Å². The van der Waals surface area contributed by atoms with Crippen molar-refractivity contribution in [3.8, 4) is 0 Å². The molecule has 0 aliphatic carbocycles. The number of rotatable bonds is 5. The van der Waals surface area contributed by atoms with Crippen LogP contribution in [0.4, 0.5) is 0 Å². The Bertz CT molecular complexity index is 1070. The summed E-state index contributed by atoms with van der Waals surface area (Å²) in [4.78, 5) is 26.3. The molecule has 1 aliphatic rings. The molecule has 8 nitrogen and oxygen atoms in total. The van der Waals surface area contributed by atoms with E-state index in [4.69, 9.17) is 0 Å². The van der Waals surface area contributed by atoms with E-state index in [1.165, 1.54) is 41.8 Å². The van der Waals surface area contributed by atoms with E-state index in [0.29, 0.717) is 30.2 Å². The molecule has 2 heterocycles. The number of benzene rings is 1. The lowest BCUT2D eigenvalue weighted by Gasteiger charge is -2.33. The fourth-order valence-electron chi connectivity index (χ4n) is 3.63. The zero-order valence-electron chi connectivity index (χ0n) is 15.9. The molecular formula is C18H26N4O4S. The van der Waals surface area contributed by atoms with Crippen molar-refractivity contribution in [1.82, 2.24) is 18.8 Å². The van der Waals surface area contributed by atoms with Crippen molar-refractivity contribution >= 4 is 21.1 Å². The predicted octanol–water partition coefficient (Wildman–Crippen LogP) is 0.390. The standard InChI is InChI=1S/C18H26N4O4S/c1-13-6-4-5-10-22(13)11-9-19-27(25,26)14-7-8-15-16(12-14)21(3)18(24)17(23)20(15)2/h7-8,12-13,19H,4-6,9-11H2,1-3H3. The van der Waals surface area contributed by atoms with Crippen LogP contribution in [0.1, 0.15) is 26.2 Å². The van der Waals surface area contributed by atoms with Gasteiger partial charge in [0.2, 0.25) is 10.0 Å². The molecule has 1 aromatic heterocycles. The summed E-state index contributed by atoms with van der Waals surface area (Å²) in [6.07, 6.45) is 3.51. The Morgan fingerprint density at radius 2 is 1.74 bits per heavy atom. The lowest BCUT2D eigenvalue weighted by atomic mass is 10.0. The number of hydrogen-bond acceptors (Lipinski definition) is 5. The van der Waals surface area contributed by atoms with E-state index < -0.39 is 21.1 Å². The fourth-order valence-corrected chi connectivity index (χ4v) is 4.67. The number of nitrogens with zero attached hydrogens (tertiary/aromatic N) is 3. The second-order valence-electron chi connectivity index (χ2n) is 7.16. The van der Waals surface area contributed by atoms with Gasteiger partial charge < -0.3 is 9.13 Å². The summed E-state index contributed by atoms with van der Waals surface area (Å²) in [6.45, 7) is 4.16. The summed E-state index contributed by atoms with van der Waals surface area (Å²) in [5.41, 5.74) is -0.432. The van der Waals surface area contributed by atoms with Crippen LogP contribution in [-0.4, -0.2) is 48.1 Å². The Hall–Kier alpha value is -1.97. The molecule has 0 radical (unpaired) electrons. The molecule has 1 saturated heterocycles. The molecule has 1 atom stereocenters. The molecule has 0 bridgehead atoms. The molecule has 27 heavy (non-hydrogen) atoms. The number of likely N-dealkylation sites (tertiary alicyclic amines) is 1. The smallest absolute Gasteiger partial charge is 0.305 e. The molecule has 0 saturated carbocycles. The van der Waals surface area contributed by atoms with Gasteiger partial charge in [-0.3, -0.25) is 14.5 Å². The van der Waals surface area contributed by atoms with Crippen molar-refractivity contribution in [2.45, 2.75) is 37.1 Å². The van der Waals surface area contributed by atoms with Gasteiger partial charge in [0.05, 0.1) is 15.9 Å². The molecule has 1 aromatic carbocycles. The van der Waals surface area contributed by atoms with Gasteiger partial charge in [0, 0.05) is 33.2 Å². The Morgan fingerprint density at radius 1 is 1.07 bits per heavy atom. The van der Waals surface area contributed by atoms with Crippen LogP contribution < -0.4 is 15.8 Å². The fraction of sp³-hybridized carbons (Fsp3) is 0.556. The highest BCUT2D eigenvalue weighted by Gasteiger charge is 2.20. The first-order valence-corrected chi connectivity index (χ1v) is 10.6. The number of nitrogens with one attached hydrogen (secondary N) is 1. The number of sulfonamides is 1. The summed E-state index contributed by atoms with van der Waals surface area (Å²) >= 11 is 0. The average molecular weight is 394 g/mol. The molecule has 1 unspecified atom stereocenters. The molecule has 9 heteroatoms. The number of hydrogen-bond donors (Lipinski definition) is 1. The zero-order valence-corrected chi connectivity index (χ0v) is 16.8. The summed E-state index contributed by atoms with van der Waals surface area (Å²) in [5.74, 6) is 0. The van der Waals surface area contributed by atoms with E-state index in [1.54, 1.807) is 6.07 Å². The summed E-state index contributed by atoms with van der Waals surface area (Å²) < 4.78 is 30.4. The maximum absolute atomic E-state index is 12.7. The largest absolute Gasteiger partial charge is 0.316 e. The monoisotopic (exact) mass is 394 g/mol. The van der Waals surface area contributed by atoms with Crippen molar-refractivity contribution in [2.24, 2.45) is 14.1 Å². The van der Waals surface area contributed by atoms with E-state index in [9.17, 15) is 18.0 Å². The minimum absolute atomic E-state index is 0.0790. The molecule has 0 spiro atoms. The highest BCUT2D eigenvalue weighted by atomic mass is 32.2. The molecule has 3 rings (SSSR count). The average Bonchev–Trinajstić information content (AvgIpc) is 2.65. The highest BCUT2D eigenvalue weighted by molar-refractivity contribution is 7.89. The van der Waals surface area contributed by atoms with E-state index in [1.807, 2.05) is 0 Å². The van der Waals surface area contributed by atoms with Gasteiger partial charge in [0.1, 0.15) is 0 Å². The van der Waals surface area contributed by atoms with Gasteiger partial charge >= 0.3 is 11.1 Å². The van der Waals surface area contributed by atoms with Gasteiger partial charge in [-0.25, -0.2) is 13.1 Å². The van der Waals surface area contributed by atoms with Gasteiger partial charge in [-0.1, -0.05) is 6.42 Å². The quantitative estimate of drug-likeness (QED) is 0.741. The summed E-state index contributed by atoms with van der Waals surface area (Å²) in [7, 11) is -0.738.